The summed E-state index contributed by atoms with van der Waals surface area (Å²) in [5.74, 6) is -4.90. The van der Waals surface area contributed by atoms with E-state index in [0.29, 0.717) is 10.9 Å². The minimum atomic E-state index is -2.55. The van der Waals surface area contributed by atoms with E-state index in [1.165, 1.54) is 18.2 Å². The van der Waals surface area contributed by atoms with Gasteiger partial charge in [0.1, 0.15) is 29.6 Å². The summed E-state index contributed by atoms with van der Waals surface area (Å²) < 4.78 is 16.3. The van der Waals surface area contributed by atoms with Crippen LogP contribution in [0.4, 0.5) is 0 Å². The van der Waals surface area contributed by atoms with Gasteiger partial charge in [-0.2, -0.15) is 0 Å². The van der Waals surface area contributed by atoms with Crippen molar-refractivity contribution in [2.24, 2.45) is 0 Å². The number of fused-ring (bicyclic) bond motifs is 1. The number of nitrogens with one attached hydrogen (secondary N) is 1. The van der Waals surface area contributed by atoms with E-state index in [9.17, 15) is 39.9 Å². The van der Waals surface area contributed by atoms with Gasteiger partial charge in [0.2, 0.25) is 5.91 Å². The van der Waals surface area contributed by atoms with Crippen LogP contribution in [0, 0.1) is 6.92 Å². The Morgan fingerprint density at radius 3 is 2.61 bits per heavy atom. The van der Waals surface area contributed by atoms with Crippen molar-refractivity contribution in [3.8, 4) is 5.75 Å². The molecule has 3 rings (SSSR count). The molecule has 1 fully saturated rings. The molecule has 1 aromatic carbocycles. The summed E-state index contributed by atoms with van der Waals surface area (Å²) in [7, 11) is 0. The Labute approximate surface area is 187 Å². The van der Waals surface area contributed by atoms with Gasteiger partial charge in [0, 0.05) is 24.4 Å². The number of hydrogen-bond donors (Lipinski definition) is 6. The van der Waals surface area contributed by atoms with Gasteiger partial charge in [0.05, 0.1) is 25.2 Å². The first-order valence-corrected chi connectivity index (χ1v) is 10.0. The molecule has 1 aliphatic heterocycles. The minimum absolute atomic E-state index is 0.0835. The van der Waals surface area contributed by atoms with Crippen LogP contribution >= 0.6 is 0 Å². The summed E-state index contributed by atoms with van der Waals surface area (Å²) in [6, 6.07) is 4.21. The Kier molecular flexibility index (Phi) is 7.05. The first-order chi connectivity index (χ1) is 15.5. The lowest BCUT2D eigenvalue weighted by molar-refractivity contribution is -0.284. The zero-order valence-electron chi connectivity index (χ0n) is 17.8. The highest BCUT2D eigenvalue weighted by Gasteiger charge is 2.56. The van der Waals surface area contributed by atoms with Crippen LogP contribution in [-0.2, 0) is 14.3 Å². The fourth-order valence-electron chi connectivity index (χ4n) is 3.79. The second-order valence-corrected chi connectivity index (χ2v) is 7.89. The van der Waals surface area contributed by atoms with Crippen molar-refractivity contribution in [1.29, 1.82) is 0 Å². The number of carbonyl (C=O) groups excluding carboxylic acids is 1. The van der Waals surface area contributed by atoms with Crippen molar-refractivity contribution >= 4 is 22.8 Å². The van der Waals surface area contributed by atoms with Crippen molar-refractivity contribution in [3.05, 3.63) is 40.2 Å². The number of aliphatic carboxylic acids is 1. The van der Waals surface area contributed by atoms with Gasteiger partial charge in [0.25, 0.3) is 0 Å². The van der Waals surface area contributed by atoms with E-state index >= 15 is 0 Å². The number of aliphatic hydroxyl groups is 4. The smallest absolute Gasteiger partial charge is 0.377 e. The van der Waals surface area contributed by atoms with Crippen molar-refractivity contribution < 1.29 is 49.0 Å². The third-order valence-electron chi connectivity index (χ3n) is 5.39. The van der Waals surface area contributed by atoms with Gasteiger partial charge in [-0.15, -0.1) is 0 Å². The highest BCUT2D eigenvalue weighted by atomic mass is 16.7. The number of ether oxygens (including phenoxy) is 2. The molecule has 0 radical (unpaired) electrons. The largest absolute Gasteiger partial charge is 0.476 e. The van der Waals surface area contributed by atoms with Crippen LogP contribution in [0.2, 0.25) is 0 Å². The monoisotopic (exact) mass is 467 g/mol. The predicted octanol–water partition coefficient (Wildman–Crippen LogP) is -1.37. The first kappa shape index (κ1) is 24.6. The van der Waals surface area contributed by atoms with Gasteiger partial charge < -0.3 is 44.7 Å². The van der Waals surface area contributed by atoms with Crippen LogP contribution in [0.5, 0.6) is 5.75 Å². The normalized spacial score (nSPS) is 27.0. The SMILES string of the molecule is CC(=O)N[C@H]1[C@H](O)C[C@](Oc2ccc3c(C)cc(=O)oc3c2)(C(=O)O)O[C@@H]1C(O)[C@H](O)CO. The molecule has 1 unspecified atom stereocenters. The highest BCUT2D eigenvalue weighted by Crippen LogP contribution is 2.35. The predicted molar refractivity (Wildman–Crippen MR) is 110 cm³/mol. The summed E-state index contributed by atoms with van der Waals surface area (Å²) in [4.78, 5) is 35.5. The quantitative estimate of drug-likeness (QED) is 0.263. The molecule has 6 atom stereocenters. The summed E-state index contributed by atoms with van der Waals surface area (Å²) in [6.45, 7) is 1.94. The van der Waals surface area contributed by atoms with E-state index in [-0.39, 0.29) is 11.3 Å². The number of benzene rings is 1. The van der Waals surface area contributed by atoms with Gasteiger partial charge in [-0.1, -0.05) is 0 Å². The van der Waals surface area contributed by atoms with Crippen LogP contribution in [0.3, 0.4) is 0 Å². The molecule has 1 saturated heterocycles. The molecule has 0 bridgehead atoms. The van der Waals surface area contributed by atoms with Crippen LogP contribution in [0.15, 0.2) is 33.5 Å². The van der Waals surface area contributed by atoms with Gasteiger partial charge in [0.15, 0.2) is 0 Å². The number of carboxylic acid groups (broad SMARTS) is 1. The zero-order valence-corrected chi connectivity index (χ0v) is 17.8. The number of carboxylic acids is 1. The molecular weight excluding hydrogens is 442 g/mol. The molecule has 1 aliphatic rings. The molecule has 2 aromatic rings. The first-order valence-electron chi connectivity index (χ1n) is 10.0. The topological polar surface area (TPSA) is 196 Å². The maximum absolute atomic E-state index is 12.2. The average molecular weight is 467 g/mol. The fraction of sp³-hybridized carbons (Fsp3) is 0.476. The van der Waals surface area contributed by atoms with Gasteiger partial charge in [-0.05, 0) is 24.6 Å². The lowest BCUT2D eigenvalue weighted by atomic mass is 9.88. The number of aryl methyl sites for hydroxylation is 1. The fourth-order valence-corrected chi connectivity index (χ4v) is 3.79. The maximum atomic E-state index is 12.2. The lowest BCUT2D eigenvalue weighted by Crippen LogP contribution is -2.68. The number of carbonyl (C=O) groups is 2. The third kappa shape index (κ3) is 4.99. The van der Waals surface area contributed by atoms with Crippen LogP contribution < -0.4 is 15.7 Å². The van der Waals surface area contributed by atoms with Crippen molar-refractivity contribution in [3.63, 3.8) is 0 Å². The molecule has 12 heteroatoms. The average Bonchev–Trinajstić information content (AvgIpc) is 2.73. The van der Waals surface area contributed by atoms with E-state index in [0.717, 1.165) is 6.92 Å². The third-order valence-corrected chi connectivity index (χ3v) is 5.39. The molecule has 1 aromatic heterocycles. The van der Waals surface area contributed by atoms with E-state index in [1.807, 2.05) is 0 Å². The minimum Gasteiger partial charge on any atom is -0.476 e. The molecule has 1 amide bonds. The number of amides is 1. The standard InChI is InChI=1S/C21H25NO11/c1-9-5-16(27)31-15-6-11(3-4-12(9)15)32-21(20(29)30)7-13(25)17(22-10(2)24)19(33-21)18(28)14(26)8-23/h3-6,13-14,17-19,23,25-26,28H,7-8H2,1-2H3,(H,22,24)(H,29,30)/t13-,14-,17+,18?,19+,21-/m1/s1. The molecule has 0 spiro atoms. The van der Waals surface area contributed by atoms with Crippen molar-refractivity contribution in [1.82, 2.24) is 5.32 Å². The second kappa shape index (κ2) is 9.45. The molecule has 2 heterocycles. The number of hydrogen-bond acceptors (Lipinski definition) is 10. The van der Waals surface area contributed by atoms with Gasteiger partial charge in [-0.25, -0.2) is 9.59 Å². The van der Waals surface area contributed by atoms with Crippen molar-refractivity contribution in [2.45, 2.75) is 56.5 Å². The van der Waals surface area contributed by atoms with E-state index < -0.39 is 66.8 Å². The summed E-state index contributed by atoms with van der Waals surface area (Å²) >= 11 is 0. The zero-order chi connectivity index (χ0) is 24.5. The Morgan fingerprint density at radius 2 is 2.00 bits per heavy atom. The van der Waals surface area contributed by atoms with Crippen LogP contribution in [0.1, 0.15) is 18.9 Å². The van der Waals surface area contributed by atoms with Crippen LogP contribution in [0.25, 0.3) is 11.0 Å². The Balaban J connectivity index is 2.01. The molecular formula is C21H25NO11. The molecule has 33 heavy (non-hydrogen) atoms. The van der Waals surface area contributed by atoms with Crippen LogP contribution in [-0.4, -0.2) is 80.3 Å². The molecule has 6 N–H and O–H groups in total. The summed E-state index contributed by atoms with van der Waals surface area (Å²) in [5.41, 5.74) is 0.135. The maximum Gasteiger partial charge on any atom is 0.377 e. The Morgan fingerprint density at radius 1 is 1.30 bits per heavy atom. The highest BCUT2D eigenvalue weighted by molar-refractivity contribution is 5.82. The van der Waals surface area contributed by atoms with Crippen molar-refractivity contribution in [2.75, 3.05) is 6.61 Å². The molecule has 12 nitrogen and oxygen atoms in total. The van der Waals surface area contributed by atoms with Gasteiger partial charge >= 0.3 is 17.4 Å². The summed E-state index contributed by atoms with van der Waals surface area (Å²) in [6.07, 6.45) is -7.56. The second-order valence-electron chi connectivity index (χ2n) is 7.89. The Bertz CT molecular complexity index is 1100. The molecule has 0 aliphatic carbocycles. The molecule has 0 saturated carbocycles. The van der Waals surface area contributed by atoms with E-state index in [1.54, 1.807) is 13.0 Å². The lowest BCUT2D eigenvalue weighted by Gasteiger charge is -2.46. The summed E-state index contributed by atoms with van der Waals surface area (Å²) in [5, 5.41) is 53.0. The van der Waals surface area contributed by atoms with E-state index in [2.05, 4.69) is 5.32 Å². The number of aliphatic hydroxyl groups excluding tert-OH is 4. The number of rotatable bonds is 7. The van der Waals surface area contributed by atoms with Gasteiger partial charge in [-0.3, -0.25) is 4.79 Å². The molecule has 180 valence electrons. The Hall–Kier alpha value is -3.03. The van der Waals surface area contributed by atoms with E-state index in [4.69, 9.17) is 13.9 Å².